The lowest BCUT2D eigenvalue weighted by Gasteiger charge is -2.22. The van der Waals surface area contributed by atoms with Crippen molar-refractivity contribution in [3.63, 3.8) is 0 Å². The van der Waals surface area contributed by atoms with Gasteiger partial charge < -0.3 is 9.13 Å². The topological polar surface area (TPSA) is 33.6 Å². The molecule has 222 valence electrons. The minimum atomic E-state index is -4.70. The van der Waals surface area contributed by atoms with Crippen molar-refractivity contribution in [2.45, 2.75) is 20.0 Å². The van der Waals surface area contributed by atoms with Gasteiger partial charge in [0.15, 0.2) is 0 Å². The van der Waals surface area contributed by atoms with Crippen LogP contribution in [0.3, 0.4) is 0 Å². The van der Waals surface area contributed by atoms with Crippen LogP contribution < -0.4 is 0 Å². The quantitative estimate of drug-likeness (QED) is 0.197. The second kappa shape index (κ2) is 10.1. The van der Waals surface area contributed by atoms with E-state index in [1.165, 1.54) is 12.1 Å². The second-order valence-corrected chi connectivity index (χ2v) is 11.8. The van der Waals surface area contributed by atoms with E-state index in [0.717, 1.165) is 54.7 Å². The summed E-state index contributed by atoms with van der Waals surface area (Å²) in [7, 11) is 0. The third kappa shape index (κ3) is 4.20. The van der Waals surface area contributed by atoms with E-state index in [4.69, 9.17) is 0 Å². The van der Waals surface area contributed by atoms with Gasteiger partial charge in [-0.25, -0.2) is 0 Å². The molecule has 3 nitrogen and oxygen atoms in total. The molecule has 0 saturated heterocycles. The largest absolute Gasteiger partial charge is 0.417 e. The van der Waals surface area contributed by atoms with Crippen LogP contribution in [0.4, 0.5) is 13.2 Å². The van der Waals surface area contributed by atoms with Crippen molar-refractivity contribution in [2.75, 3.05) is 0 Å². The molecule has 0 N–H and O–H groups in total. The molecule has 0 aliphatic rings. The van der Waals surface area contributed by atoms with Crippen LogP contribution in [0.25, 0.3) is 66.1 Å². The van der Waals surface area contributed by atoms with Crippen molar-refractivity contribution in [3.8, 4) is 28.6 Å². The predicted octanol–water partition coefficient (Wildman–Crippen LogP) is 11.1. The molecule has 0 saturated carbocycles. The molecular formula is C40H26F3N3. The molecule has 0 fully saturated rings. The van der Waals surface area contributed by atoms with E-state index in [-0.39, 0.29) is 11.1 Å². The molecule has 8 rings (SSSR count). The van der Waals surface area contributed by atoms with E-state index in [0.29, 0.717) is 16.9 Å². The Morgan fingerprint density at radius 2 is 1.13 bits per heavy atom. The first kappa shape index (κ1) is 27.7. The van der Waals surface area contributed by atoms with Gasteiger partial charge in [-0.1, -0.05) is 71.8 Å². The SMILES string of the molecule is Cc1ccc2c(c1)c1ccccc1n2-c1cc(-n2c3ccccc3c3cc(C)ccc32)c(-c2cccc(C#N)c2)c(C(F)(F)F)c1. The first-order valence-electron chi connectivity index (χ1n) is 15.0. The molecule has 0 amide bonds. The number of hydrogen-bond donors (Lipinski definition) is 0. The number of alkyl halides is 3. The highest BCUT2D eigenvalue weighted by atomic mass is 19.4. The van der Waals surface area contributed by atoms with Gasteiger partial charge in [-0.15, -0.1) is 0 Å². The molecular weight excluding hydrogens is 579 g/mol. The molecule has 0 radical (unpaired) electrons. The Labute approximate surface area is 263 Å². The van der Waals surface area contributed by atoms with E-state index in [1.807, 2.05) is 102 Å². The number of rotatable bonds is 3. The molecule has 0 bridgehead atoms. The van der Waals surface area contributed by atoms with Gasteiger partial charge in [-0.05, 0) is 80.1 Å². The van der Waals surface area contributed by atoms with Crippen LogP contribution in [-0.2, 0) is 6.18 Å². The lowest BCUT2D eigenvalue weighted by atomic mass is 9.94. The van der Waals surface area contributed by atoms with Crippen molar-refractivity contribution in [3.05, 3.63) is 144 Å². The van der Waals surface area contributed by atoms with Crippen LogP contribution in [0, 0.1) is 25.2 Å². The average Bonchev–Trinajstić information content (AvgIpc) is 3.56. The zero-order valence-corrected chi connectivity index (χ0v) is 25.0. The molecule has 2 aromatic heterocycles. The number of hydrogen-bond acceptors (Lipinski definition) is 1. The van der Waals surface area contributed by atoms with Crippen LogP contribution in [0.15, 0.2) is 121 Å². The molecule has 6 aromatic carbocycles. The van der Waals surface area contributed by atoms with Gasteiger partial charge in [0.1, 0.15) is 0 Å². The summed E-state index contributed by atoms with van der Waals surface area (Å²) in [6, 6.07) is 39.4. The molecule has 0 atom stereocenters. The maximum Gasteiger partial charge on any atom is 0.417 e. The lowest BCUT2D eigenvalue weighted by molar-refractivity contribution is -0.137. The number of benzene rings is 6. The third-order valence-corrected chi connectivity index (χ3v) is 8.84. The third-order valence-electron chi connectivity index (χ3n) is 8.84. The zero-order valence-electron chi connectivity index (χ0n) is 25.0. The normalized spacial score (nSPS) is 12.0. The van der Waals surface area contributed by atoms with Gasteiger partial charge in [-0.2, -0.15) is 18.4 Å². The fraction of sp³-hybridized carbons (Fsp3) is 0.0750. The standard InChI is InChI=1S/C40H26F3N3/c1-24-14-16-36-31(18-24)29-10-3-5-12-34(29)45(36)28-21-33(40(41,42)43)39(27-9-7-8-26(20-27)23-44)38(22-28)46-35-13-6-4-11-30(35)32-19-25(2)15-17-37(32)46/h3-22H,1-2H3. The summed E-state index contributed by atoms with van der Waals surface area (Å²) in [4.78, 5) is 0. The highest BCUT2D eigenvalue weighted by Crippen LogP contribution is 2.46. The van der Waals surface area contributed by atoms with Crippen molar-refractivity contribution in [1.29, 1.82) is 5.26 Å². The van der Waals surface area contributed by atoms with E-state index >= 15 is 13.2 Å². The molecule has 0 aliphatic carbocycles. The number of nitriles is 1. The van der Waals surface area contributed by atoms with Gasteiger partial charge in [0, 0.05) is 32.8 Å². The van der Waals surface area contributed by atoms with Gasteiger partial charge in [0.2, 0.25) is 0 Å². The van der Waals surface area contributed by atoms with Crippen LogP contribution in [0.2, 0.25) is 0 Å². The van der Waals surface area contributed by atoms with Crippen LogP contribution in [0.1, 0.15) is 22.3 Å². The summed E-state index contributed by atoms with van der Waals surface area (Å²) in [5, 5.41) is 13.6. The van der Waals surface area contributed by atoms with E-state index < -0.39 is 11.7 Å². The van der Waals surface area contributed by atoms with Gasteiger partial charge >= 0.3 is 6.18 Å². The first-order chi connectivity index (χ1) is 22.2. The fourth-order valence-corrected chi connectivity index (χ4v) is 6.90. The monoisotopic (exact) mass is 605 g/mol. The Balaban J connectivity index is 1.59. The molecule has 46 heavy (non-hydrogen) atoms. The number of nitrogens with zero attached hydrogens (tertiary/aromatic N) is 3. The molecule has 0 aliphatic heterocycles. The van der Waals surface area contributed by atoms with Crippen LogP contribution in [0.5, 0.6) is 0 Å². The molecule has 6 heteroatoms. The minimum absolute atomic E-state index is 0.0215. The van der Waals surface area contributed by atoms with Crippen molar-refractivity contribution in [1.82, 2.24) is 9.13 Å². The Kier molecular flexibility index (Phi) is 6.10. The van der Waals surface area contributed by atoms with Gasteiger partial charge in [0.05, 0.1) is 45.0 Å². The molecule has 8 aromatic rings. The Morgan fingerprint density at radius 1 is 0.565 bits per heavy atom. The van der Waals surface area contributed by atoms with Crippen molar-refractivity contribution in [2.24, 2.45) is 0 Å². The summed E-state index contributed by atoms with van der Waals surface area (Å²) < 4.78 is 50.2. The van der Waals surface area contributed by atoms with E-state index in [1.54, 1.807) is 18.2 Å². The second-order valence-electron chi connectivity index (χ2n) is 11.8. The minimum Gasteiger partial charge on any atom is -0.309 e. The van der Waals surface area contributed by atoms with Crippen LogP contribution >= 0.6 is 0 Å². The Hall–Kier alpha value is -5.80. The molecule has 0 spiro atoms. The fourth-order valence-electron chi connectivity index (χ4n) is 6.90. The van der Waals surface area contributed by atoms with Gasteiger partial charge in [-0.3, -0.25) is 0 Å². The number of fused-ring (bicyclic) bond motifs is 6. The van der Waals surface area contributed by atoms with E-state index in [2.05, 4.69) is 18.2 Å². The summed E-state index contributed by atoms with van der Waals surface area (Å²) in [6.07, 6.45) is -4.70. The molecule has 2 heterocycles. The highest BCUT2D eigenvalue weighted by molar-refractivity contribution is 6.11. The lowest BCUT2D eigenvalue weighted by Crippen LogP contribution is -2.12. The summed E-state index contributed by atoms with van der Waals surface area (Å²) >= 11 is 0. The molecule has 0 unspecified atom stereocenters. The number of aromatic nitrogens is 2. The average molecular weight is 606 g/mol. The Bertz CT molecular complexity index is 2560. The van der Waals surface area contributed by atoms with Crippen molar-refractivity contribution >= 4 is 43.6 Å². The number of para-hydroxylation sites is 2. The highest BCUT2D eigenvalue weighted by Gasteiger charge is 2.37. The Morgan fingerprint density at radius 3 is 1.74 bits per heavy atom. The summed E-state index contributed by atoms with van der Waals surface area (Å²) in [6.45, 7) is 4.02. The van der Waals surface area contributed by atoms with E-state index in [9.17, 15) is 5.26 Å². The predicted molar refractivity (Wildman–Crippen MR) is 180 cm³/mol. The summed E-state index contributed by atoms with van der Waals surface area (Å²) in [5.41, 5.74) is 6.00. The maximum atomic E-state index is 15.4. The van der Waals surface area contributed by atoms with Gasteiger partial charge in [0.25, 0.3) is 0 Å². The summed E-state index contributed by atoms with van der Waals surface area (Å²) in [5.74, 6) is 0. The smallest absolute Gasteiger partial charge is 0.309 e. The number of halogens is 3. The van der Waals surface area contributed by atoms with Crippen molar-refractivity contribution < 1.29 is 13.2 Å². The first-order valence-corrected chi connectivity index (χ1v) is 15.0. The zero-order chi connectivity index (χ0) is 31.7. The maximum absolute atomic E-state index is 15.4. The number of aryl methyl sites for hydroxylation is 2. The van der Waals surface area contributed by atoms with Crippen LogP contribution in [-0.4, -0.2) is 9.13 Å².